The monoisotopic (exact) mass is 325 g/mol. The van der Waals surface area contributed by atoms with E-state index in [1.165, 1.54) is 0 Å². The van der Waals surface area contributed by atoms with E-state index in [9.17, 15) is 17.8 Å². The number of carbonyl (C=O) groups excluding carboxylic acids is 1. The molecule has 0 aliphatic heterocycles. The Morgan fingerprint density at radius 3 is 2.46 bits per heavy atom. The van der Waals surface area contributed by atoms with Crippen molar-refractivity contribution in [3.63, 3.8) is 0 Å². The normalized spacial score (nSPS) is 9.92. The molecular formula is C6H10CsNO4S. The Morgan fingerprint density at radius 2 is 2.08 bits per heavy atom. The van der Waals surface area contributed by atoms with Crippen LogP contribution in [0.3, 0.4) is 0 Å². The third kappa shape index (κ3) is 13.2. The van der Waals surface area contributed by atoms with E-state index in [0.29, 0.717) is 0 Å². The number of nitrogens with one attached hydrogen (secondary N) is 1. The smallest absolute Gasteiger partial charge is 0.748 e. The van der Waals surface area contributed by atoms with E-state index in [-0.39, 0.29) is 87.8 Å². The van der Waals surface area contributed by atoms with Gasteiger partial charge in [0.1, 0.15) is 0 Å². The Hall–Kier alpha value is 1.17. The molecule has 13 heavy (non-hydrogen) atoms. The molecule has 0 aromatic carbocycles. The second-order valence-corrected chi connectivity index (χ2v) is 3.63. The second kappa shape index (κ2) is 8.48. The fourth-order valence-corrected chi connectivity index (χ4v) is 1.03. The van der Waals surface area contributed by atoms with Crippen LogP contribution in [0.5, 0.6) is 0 Å². The molecule has 0 unspecified atom stereocenters. The topological polar surface area (TPSA) is 86.3 Å². The molecule has 0 aromatic heterocycles. The summed E-state index contributed by atoms with van der Waals surface area (Å²) in [4.78, 5) is 10.5. The molecule has 70 valence electrons. The van der Waals surface area contributed by atoms with E-state index in [4.69, 9.17) is 0 Å². The molecule has 1 N–H and O–H groups in total. The third-order valence-electron chi connectivity index (χ3n) is 1.06. The van der Waals surface area contributed by atoms with Crippen molar-refractivity contribution in [2.24, 2.45) is 0 Å². The van der Waals surface area contributed by atoms with E-state index >= 15 is 0 Å². The number of rotatable bonds is 5. The van der Waals surface area contributed by atoms with Gasteiger partial charge < -0.3 is 9.87 Å². The summed E-state index contributed by atoms with van der Waals surface area (Å²) in [6, 6.07) is 0. The molecule has 0 saturated heterocycles. The van der Waals surface area contributed by atoms with E-state index in [1.807, 2.05) is 0 Å². The molecule has 0 bridgehead atoms. The summed E-state index contributed by atoms with van der Waals surface area (Å²) < 4.78 is 30.2. The second-order valence-electron chi connectivity index (χ2n) is 2.11. The molecule has 0 heterocycles. The Morgan fingerprint density at radius 1 is 1.54 bits per heavy atom. The van der Waals surface area contributed by atoms with Gasteiger partial charge in [-0.2, -0.15) is 0 Å². The number of hydrogen-bond donors (Lipinski definition) is 1. The zero-order chi connectivity index (χ0) is 9.61. The standard InChI is InChI=1S/C6H11NO4S.Cs/c1-2-6(8)7-4-3-5-12(9,10)11;/h2H,1,3-5H2,(H,7,8)(H,9,10,11);/q;+1/p-1. The van der Waals surface area contributed by atoms with Crippen LogP contribution in [0, 0.1) is 0 Å². The summed E-state index contributed by atoms with van der Waals surface area (Å²) in [5.41, 5.74) is 0. The van der Waals surface area contributed by atoms with Gasteiger partial charge in [0.15, 0.2) is 0 Å². The predicted octanol–water partition coefficient (Wildman–Crippen LogP) is -3.77. The molecule has 5 nitrogen and oxygen atoms in total. The summed E-state index contributed by atoms with van der Waals surface area (Å²) in [5.74, 6) is -0.831. The molecular weight excluding hydrogens is 315 g/mol. The van der Waals surface area contributed by atoms with Crippen molar-refractivity contribution < 1.29 is 86.7 Å². The van der Waals surface area contributed by atoms with Crippen LogP contribution in [0.4, 0.5) is 0 Å². The van der Waals surface area contributed by atoms with Gasteiger partial charge >= 0.3 is 68.9 Å². The van der Waals surface area contributed by atoms with Crippen LogP contribution in [-0.2, 0) is 14.9 Å². The van der Waals surface area contributed by atoms with Crippen LogP contribution in [-0.4, -0.2) is 31.2 Å². The molecule has 0 aliphatic rings. The molecule has 0 spiro atoms. The number of carbonyl (C=O) groups is 1. The van der Waals surface area contributed by atoms with Crippen molar-refractivity contribution in [3.8, 4) is 0 Å². The van der Waals surface area contributed by atoms with E-state index < -0.39 is 15.9 Å². The van der Waals surface area contributed by atoms with Crippen molar-refractivity contribution in [1.82, 2.24) is 5.32 Å². The Labute approximate surface area is 137 Å². The quantitative estimate of drug-likeness (QED) is 0.319. The zero-order valence-corrected chi connectivity index (χ0v) is 14.5. The Balaban J connectivity index is 0. The maximum atomic E-state index is 10.5. The number of amides is 1. The summed E-state index contributed by atoms with van der Waals surface area (Å²) in [6.07, 6.45) is 1.21. The maximum absolute atomic E-state index is 10.5. The zero-order valence-electron chi connectivity index (χ0n) is 7.45. The molecule has 1 amide bonds. The molecule has 0 saturated carbocycles. The Kier molecular flexibility index (Phi) is 10.8. The minimum Gasteiger partial charge on any atom is -0.748 e. The number of hydrogen-bond acceptors (Lipinski definition) is 4. The minimum atomic E-state index is -4.16. The summed E-state index contributed by atoms with van der Waals surface area (Å²) in [5, 5.41) is 2.34. The van der Waals surface area contributed by atoms with Gasteiger partial charge in [0.25, 0.3) is 0 Å². The molecule has 0 aliphatic carbocycles. The first-order valence-corrected chi connectivity index (χ1v) is 4.87. The third-order valence-corrected chi connectivity index (χ3v) is 1.84. The largest absolute Gasteiger partial charge is 1.00 e. The Bertz CT molecular complexity index is 262. The van der Waals surface area contributed by atoms with Crippen LogP contribution in [0.1, 0.15) is 6.42 Å². The predicted molar refractivity (Wildman–Crippen MR) is 42.4 cm³/mol. The average Bonchev–Trinajstić information content (AvgIpc) is 1.96. The van der Waals surface area contributed by atoms with Crippen LogP contribution in [0.15, 0.2) is 12.7 Å². The fourth-order valence-electron chi connectivity index (χ4n) is 0.533. The molecule has 7 heteroatoms. The van der Waals surface area contributed by atoms with Crippen LogP contribution in [0.25, 0.3) is 0 Å². The van der Waals surface area contributed by atoms with Crippen molar-refractivity contribution in [1.29, 1.82) is 0 Å². The van der Waals surface area contributed by atoms with E-state index in [2.05, 4.69) is 11.9 Å². The van der Waals surface area contributed by atoms with Crippen molar-refractivity contribution >= 4 is 16.0 Å². The van der Waals surface area contributed by atoms with Crippen molar-refractivity contribution in [2.75, 3.05) is 12.3 Å². The van der Waals surface area contributed by atoms with Gasteiger partial charge in [-0.25, -0.2) is 8.42 Å². The van der Waals surface area contributed by atoms with Gasteiger partial charge in [-0.1, -0.05) is 6.58 Å². The van der Waals surface area contributed by atoms with Gasteiger partial charge in [-0.15, -0.1) is 0 Å². The van der Waals surface area contributed by atoms with Crippen molar-refractivity contribution in [2.45, 2.75) is 6.42 Å². The first-order valence-electron chi connectivity index (χ1n) is 3.29. The fraction of sp³-hybridized carbons (Fsp3) is 0.500. The maximum Gasteiger partial charge on any atom is 1.00 e. The van der Waals surface area contributed by atoms with Gasteiger partial charge in [0.2, 0.25) is 5.91 Å². The van der Waals surface area contributed by atoms with Gasteiger partial charge in [-0.3, -0.25) is 4.79 Å². The molecule has 0 atom stereocenters. The SMILES string of the molecule is C=CC(=O)NCCCS(=O)(=O)[O-].[Cs+]. The van der Waals surface area contributed by atoms with Gasteiger partial charge in [0, 0.05) is 12.3 Å². The van der Waals surface area contributed by atoms with Gasteiger partial charge in [-0.05, 0) is 12.5 Å². The van der Waals surface area contributed by atoms with Crippen LogP contribution >= 0.6 is 0 Å². The molecule has 0 aromatic rings. The van der Waals surface area contributed by atoms with Crippen LogP contribution < -0.4 is 74.2 Å². The average molecular weight is 325 g/mol. The molecule has 0 rings (SSSR count). The van der Waals surface area contributed by atoms with Gasteiger partial charge in [0.05, 0.1) is 10.1 Å². The van der Waals surface area contributed by atoms with Crippen molar-refractivity contribution in [3.05, 3.63) is 12.7 Å². The van der Waals surface area contributed by atoms with Crippen LogP contribution in [0.2, 0.25) is 0 Å². The van der Waals surface area contributed by atoms with E-state index in [0.717, 1.165) is 6.08 Å². The van der Waals surface area contributed by atoms with E-state index in [1.54, 1.807) is 0 Å². The molecule has 0 fully saturated rings. The minimum absolute atomic E-state index is 0. The first-order chi connectivity index (χ1) is 5.45. The first kappa shape index (κ1) is 16.6. The summed E-state index contributed by atoms with van der Waals surface area (Å²) in [7, 11) is -4.16. The molecule has 0 radical (unpaired) electrons. The summed E-state index contributed by atoms with van der Waals surface area (Å²) in [6.45, 7) is 3.37. The summed E-state index contributed by atoms with van der Waals surface area (Å²) >= 11 is 0.